The Labute approximate surface area is 157 Å². The topological polar surface area (TPSA) is 92.6 Å². The van der Waals surface area contributed by atoms with Crippen molar-refractivity contribution in [2.24, 2.45) is 7.05 Å². The summed E-state index contributed by atoms with van der Waals surface area (Å²) in [6.45, 7) is 5.73. The molecule has 1 fully saturated rings. The summed E-state index contributed by atoms with van der Waals surface area (Å²) in [6.07, 6.45) is 5.63. The predicted octanol–water partition coefficient (Wildman–Crippen LogP) is 2.09. The van der Waals surface area contributed by atoms with E-state index in [0.717, 1.165) is 67.1 Å². The Kier molecular flexibility index (Phi) is 4.63. The lowest BCUT2D eigenvalue weighted by Crippen LogP contribution is -2.34. The van der Waals surface area contributed by atoms with Crippen LogP contribution in [0.1, 0.15) is 49.4 Å². The summed E-state index contributed by atoms with van der Waals surface area (Å²) in [5.74, 6) is 2.84. The lowest BCUT2D eigenvalue weighted by molar-refractivity contribution is 0.492. The van der Waals surface area contributed by atoms with Gasteiger partial charge in [-0.25, -0.2) is 15.0 Å². The van der Waals surface area contributed by atoms with Crippen LogP contribution in [0.2, 0.25) is 0 Å². The average molecular weight is 367 g/mol. The lowest BCUT2D eigenvalue weighted by Gasteiger charge is -2.33. The van der Waals surface area contributed by atoms with Gasteiger partial charge in [0.2, 0.25) is 0 Å². The summed E-state index contributed by atoms with van der Waals surface area (Å²) in [4.78, 5) is 30.9. The molecule has 1 N–H and O–H groups in total. The number of hydrogen-bond acceptors (Lipinski definition) is 6. The highest BCUT2D eigenvalue weighted by molar-refractivity contribution is 5.87. The van der Waals surface area contributed by atoms with Crippen molar-refractivity contribution in [3.05, 3.63) is 40.0 Å². The van der Waals surface area contributed by atoms with Crippen molar-refractivity contribution >= 4 is 16.9 Å². The maximum atomic E-state index is 11.8. The van der Waals surface area contributed by atoms with Gasteiger partial charge in [0.1, 0.15) is 17.5 Å². The molecule has 1 aliphatic heterocycles. The molecule has 0 amide bonds. The molecule has 8 heteroatoms. The summed E-state index contributed by atoms with van der Waals surface area (Å²) in [5.41, 5.74) is 1.71. The van der Waals surface area contributed by atoms with Gasteiger partial charge in [-0.2, -0.15) is 5.10 Å². The molecule has 0 aliphatic carbocycles. The Morgan fingerprint density at radius 2 is 2.00 bits per heavy atom. The molecular formula is C19H25N7O. The summed E-state index contributed by atoms with van der Waals surface area (Å²) in [5, 5.41) is 5.37. The number of nitrogens with one attached hydrogen (secondary N) is 1. The largest absolute Gasteiger partial charge is 0.356 e. The minimum absolute atomic E-state index is 0.0722. The van der Waals surface area contributed by atoms with Gasteiger partial charge in [0, 0.05) is 38.5 Å². The molecule has 142 valence electrons. The summed E-state index contributed by atoms with van der Waals surface area (Å²) >= 11 is 0. The van der Waals surface area contributed by atoms with Crippen molar-refractivity contribution in [3.8, 4) is 0 Å². The summed E-state index contributed by atoms with van der Waals surface area (Å²) < 4.78 is 1.81. The number of nitrogens with zero attached hydrogens (tertiary/aromatic N) is 6. The molecule has 0 radical (unpaired) electrons. The first-order chi connectivity index (χ1) is 13.0. The quantitative estimate of drug-likeness (QED) is 0.759. The molecule has 4 heterocycles. The average Bonchev–Trinajstić information content (AvgIpc) is 3.02. The van der Waals surface area contributed by atoms with Crippen LogP contribution in [0.5, 0.6) is 0 Å². The Balaban J connectivity index is 1.60. The van der Waals surface area contributed by atoms with Crippen molar-refractivity contribution < 1.29 is 0 Å². The van der Waals surface area contributed by atoms with Crippen LogP contribution in [-0.2, 0) is 13.5 Å². The molecule has 8 nitrogen and oxygen atoms in total. The molecule has 0 unspecified atom stereocenters. The van der Waals surface area contributed by atoms with Gasteiger partial charge >= 0.3 is 0 Å². The fourth-order valence-corrected chi connectivity index (χ4v) is 3.83. The number of piperidine rings is 1. The molecule has 1 aliphatic rings. The van der Waals surface area contributed by atoms with Crippen LogP contribution in [0.3, 0.4) is 0 Å². The van der Waals surface area contributed by atoms with Gasteiger partial charge in [0.05, 0.1) is 17.3 Å². The van der Waals surface area contributed by atoms with Crippen molar-refractivity contribution in [1.82, 2.24) is 29.7 Å². The number of hydrogen-bond donors (Lipinski definition) is 1. The van der Waals surface area contributed by atoms with Crippen LogP contribution < -0.4 is 10.5 Å². The Morgan fingerprint density at radius 3 is 2.70 bits per heavy atom. The third-order valence-electron chi connectivity index (χ3n) is 5.18. The van der Waals surface area contributed by atoms with Crippen molar-refractivity contribution in [2.45, 2.75) is 45.4 Å². The van der Waals surface area contributed by atoms with E-state index in [1.54, 1.807) is 6.07 Å². The molecule has 1 saturated heterocycles. The fourth-order valence-electron chi connectivity index (χ4n) is 3.83. The Hall–Kier alpha value is -2.77. The number of anilines is 1. The maximum Gasteiger partial charge on any atom is 0.251 e. The highest BCUT2D eigenvalue weighted by Gasteiger charge is 2.25. The van der Waals surface area contributed by atoms with Crippen LogP contribution in [0.15, 0.2) is 17.1 Å². The molecule has 0 aromatic carbocycles. The van der Waals surface area contributed by atoms with Gasteiger partial charge in [0.25, 0.3) is 5.56 Å². The number of aryl methyl sites for hydroxylation is 3. The van der Waals surface area contributed by atoms with Gasteiger partial charge in [-0.15, -0.1) is 0 Å². The van der Waals surface area contributed by atoms with E-state index < -0.39 is 0 Å². The normalized spacial score (nSPS) is 15.6. The van der Waals surface area contributed by atoms with Crippen molar-refractivity contribution in [1.29, 1.82) is 0 Å². The van der Waals surface area contributed by atoms with E-state index in [-0.39, 0.29) is 5.56 Å². The second-order valence-electron chi connectivity index (χ2n) is 7.24. The molecule has 3 aromatic heterocycles. The Morgan fingerprint density at radius 1 is 1.22 bits per heavy atom. The zero-order valence-corrected chi connectivity index (χ0v) is 16.1. The van der Waals surface area contributed by atoms with Crippen LogP contribution in [-0.4, -0.2) is 42.8 Å². The zero-order valence-electron chi connectivity index (χ0n) is 16.1. The highest BCUT2D eigenvalue weighted by atomic mass is 16.1. The van der Waals surface area contributed by atoms with E-state index in [1.807, 2.05) is 24.9 Å². The summed E-state index contributed by atoms with van der Waals surface area (Å²) in [6, 6.07) is 1.64. The van der Waals surface area contributed by atoms with Crippen molar-refractivity contribution in [3.63, 3.8) is 0 Å². The first-order valence-corrected chi connectivity index (χ1v) is 9.56. The van der Waals surface area contributed by atoms with E-state index in [2.05, 4.69) is 31.9 Å². The first kappa shape index (κ1) is 17.6. The monoisotopic (exact) mass is 367 g/mol. The Bertz CT molecular complexity index is 1010. The van der Waals surface area contributed by atoms with E-state index in [4.69, 9.17) is 4.98 Å². The minimum atomic E-state index is -0.0722. The smallest absolute Gasteiger partial charge is 0.251 e. The van der Waals surface area contributed by atoms with Gasteiger partial charge in [0.15, 0.2) is 5.65 Å². The third-order valence-corrected chi connectivity index (χ3v) is 5.18. The van der Waals surface area contributed by atoms with E-state index in [9.17, 15) is 4.79 Å². The first-order valence-electron chi connectivity index (χ1n) is 9.56. The fraction of sp³-hybridized carbons (Fsp3) is 0.526. The number of fused-ring (bicyclic) bond motifs is 1. The van der Waals surface area contributed by atoms with E-state index >= 15 is 0 Å². The van der Waals surface area contributed by atoms with E-state index in [1.165, 1.54) is 0 Å². The van der Waals surface area contributed by atoms with Gasteiger partial charge in [-0.3, -0.25) is 9.48 Å². The number of rotatable bonds is 4. The highest BCUT2D eigenvalue weighted by Crippen LogP contribution is 2.31. The second-order valence-corrected chi connectivity index (χ2v) is 7.24. The van der Waals surface area contributed by atoms with E-state index in [0.29, 0.717) is 11.7 Å². The standard InChI is InChI=1S/C19H25N7O/c1-4-5-16-23-18-14(11-20-25(18)3)19(24-16)26-8-6-13(7-9-26)15-10-17(27)22-12(2)21-15/h10-11,13H,4-9H2,1-3H3,(H,21,22,27). The predicted molar refractivity (Wildman–Crippen MR) is 104 cm³/mol. The summed E-state index contributed by atoms with van der Waals surface area (Å²) in [7, 11) is 1.92. The molecule has 3 aromatic rings. The van der Waals surface area contributed by atoms with Crippen LogP contribution >= 0.6 is 0 Å². The molecular weight excluding hydrogens is 342 g/mol. The maximum absolute atomic E-state index is 11.8. The molecule has 4 rings (SSSR count). The van der Waals surface area contributed by atoms with Crippen LogP contribution in [0.4, 0.5) is 5.82 Å². The molecule has 0 atom stereocenters. The zero-order chi connectivity index (χ0) is 19.0. The molecule has 27 heavy (non-hydrogen) atoms. The van der Waals surface area contributed by atoms with Gasteiger partial charge in [-0.1, -0.05) is 6.92 Å². The van der Waals surface area contributed by atoms with Crippen molar-refractivity contribution in [2.75, 3.05) is 18.0 Å². The van der Waals surface area contributed by atoms with Gasteiger partial charge in [-0.05, 0) is 26.2 Å². The van der Waals surface area contributed by atoms with Crippen LogP contribution in [0, 0.1) is 6.92 Å². The molecule has 0 spiro atoms. The SMILES string of the molecule is CCCc1nc(N2CCC(c3cc(=O)[nH]c(C)n3)CC2)c2cnn(C)c2n1. The molecule has 0 bridgehead atoms. The lowest BCUT2D eigenvalue weighted by atomic mass is 9.93. The third kappa shape index (κ3) is 3.43. The number of aromatic amines is 1. The number of H-pyrrole nitrogens is 1. The second kappa shape index (κ2) is 7.09. The van der Waals surface area contributed by atoms with Gasteiger partial charge < -0.3 is 9.88 Å². The minimum Gasteiger partial charge on any atom is -0.356 e. The number of aromatic nitrogens is 6. The molecule has 0 saturated carbocycles. The van der Waals surface area contributed by atoms with Crippen LogP contribution in [0.25, 0.3) is 11.0 Å².